The van der Waals surface area contributed by atoms with Crippen LogP contribution >= 0.6 is 27.5 Å². The molecule has 0 radical (unpaired) electrons. The monoisotopic (exact) mass is 305 g/mol. The van der Waals surface area contributed by atoms with Crippen molar-refractivity contribution in [2.75, 3.05) is 19.8 Å². The highest BCUT2D eigenvalue weighted by atomic mass is 79.9. The summed E-state index contributed by atoms with van der Waals surface area (Å²) in [4.78, 5) is 0. The predicted octanol–water partition coefficient (Wildman–Crippen LogP) is 3.79. The number of halogens is 2. The van der Waals surface area contributed by atoms with Crippen LogP contribution in [0.2, 0.25) is 5.02 Å². The number of nitrogens with one attached hydrogen (secondary N) is 1. The Bertz CT molecular complexity index is 313. The van der Waals surface area contributed by atoms with E-state index in [-0.39, 0.29) is 6.04 Å². The van der Waals surface area contributed by atoms with E-state index >= 15 is 0 Å². The summed E-state index contributed by atoms with van der Waals surface area (Å²) >= 11 is 9.48. The smallest absolute Gasteiger partial charge is 0.0661 e. The summed E-state index contributed by atoms with van der Waals surface area (Å²) in [7, 11) is 0. The molecule has 0 aliphatic heterocycles. The topological polar surface area (TPSA) is 21.3 Å². The highest BCUT2D eigenvalue weighted by molar-refractivity contribution is 9.10. The molecule has 1 unspecified atom stereocenters. The molecule has 0 aromatic heterocycles. The van der Waals surface area contributed by atoms with Crippen LogP contribution in [0.3, 0.4) is 0 Å². The normalized spacial score (nSPS) is 12.8. The molecule has 0 heterocycles. The minimum atomic E-state index is 0.194. The van der Waals surface area contributed by atoms with Crippen LogP contribution in [0.5, 0.6) is 0 Å². The van der Waals surface area contributed by atoms with Crippen molar-refractivity contribution in [3.63, 3.8) is 0 Å². The van der Waals surface area contributed by atoms with Crippen LogP contribution < -0.4 is 5.32 Å². The Balaban J connectivity index is 2.82. The summed E-state index contributed by atoms with van der Waals surface area (Å²) in [6.07, 6.45) is 0. The molecule has 0 fully saturated rings. The molecule has 0 saturated carbocycles. The summed E-state index contributed by atoms with van der Waals surface area (Å²) in [5, 5.41) is 4.12. The highest BCUT2D eigenvalue weighted by Crippen LogP contribution is 2.24. The molecule has 1 rings (SSSR count). The van der Waals surface area contributed by atoms with Gasteiger partial charge in [0.25, 0.3) is 0 Å². The van der Waals surface area contributed by atoms with Gasteiger partial charge in [0.15, 0.2) is 0 Å². The third-order valence-electron chi connectivity index (χ3n) is 2.23. The zero-order valence-corrected chi connectivity index (χ0v) is 11.9. The van der Waals surface area contributed by atoms with E-state index in [4.69, 9.17) is 16.3 Å². The van der Waals surface area contributed by atoms with Gasteiger partial charge in [0, 0.05) is 16.1 Å². The molecule has 1 aromatic carbocycles. The first-order valence-electron chi connectivity index (χ1n) is 5.44. The van der Waals surface area contributed by atoms with Gasteiger partial charge >= 0.3 is 0 Å². The van der Waals surface area contributed by atoms with Gasteiger partial charge < -0.3 is 10.1 Å². The number of likely N-dealkylation sites (N-methyl/N-ethyl adjacent to an activating group) is 1. The SMILES string of the molecule is CCNC(COCC)c1cc(Cl)cc(Br)c1. The van der Waals surface area contributed by atoms with E-state index in [0.717, 1.165) is 28.2 Å². The lowest BCUT2D eigenvalue weighted by Gasteiger charge is -2.18. The van der Waals surface area contributed by atoms with Crippen LogP contribution in [-0.2, 0) is 4.74 Å². The lowest BCUT2D eigenvalue weighted by Crippen LogP contribution is -2.25. The Morgan fingerprint density at radius 2 is 2.12 bits per heavy atom. The zero-order chi connectivity index (χ0) is 12.0. The fourth-order valence-electron chi connectivity index (χ4n) is 1.53. The van der Waals surface area contributed by atoms with E-state index in [1.54, 1.807) is 0 Å². The molecule has 0 amide bonds. The number of ether oxygens (including phenoxy) is 1. The molecule has 1 N–H and O–H groups in total. The summed E-state index contributed by atoms with van der Waals surface area (Å²) in [5.74, 6) is 0. The minimum Gasteiger partial charge on any atom is -0.380 e. The van der Waals surface area contributed by atoms with Gasteiger partial charge in [-0.25, -0.2) is 0 Å². The maximum Gasteiger partial charge on any atom is 0.0661 e. The van der Waals surface area contributed by atoms with E-state index < -0.39 is 0 Å². The maximum absolute atomic E-state index is 6.03. The quantitative estimate of drug-likeness (QED) is 0.863. The molecule has 1 aromatic rings. The van der Waals surface area contributed by atoms with Gasteiger partial charge in [-0.2, -0.15) is 0 Å². The zero-order valence-electron chi connectivity index (χ0n) is 9.59. The maximum atomic E-state index is 6.03. The average molecular weight is 307 g/mol. The first kappa shape index (κ1) is 14.0. The van der Waals surface area contributed by atoms with Gasteiger partial charge in [-0.15, -0.1) is 0 Å². The predicted molar refractivity (Wildman–Crippen MR) is 72.1 cm³/mol. The van der Waals surface area contributed by atoms with Crippen molar-refractivity contribution in [1.29, 1.82) is 0 Å². The Morgan fingerprint density at radius 1 is 1.38 bits per heavy atom. The molecule has 16 heavy (non-hydrogen) atoms. The highest BCUT2D eigenvalue weighted by Gasteiger charge is 2.11. The molecule has 1 atom stereocenters. The van der Waals surface area contributed by atoms with Crippen LogP contribution in [0, 0.1) is 0 Å². The number of hydrogen-bond acceptors (Lipinski definition) is 2. The molecule has 0 bridgehead atoms. The average Bonchev–Trinajstić information content (AvgIpc) is 2.22. The Morgan fingerprint density at radius 3 is 2.69 bits per heavy atom. The van der Waals surface area contributed by atoms with Crippen molar-refractivity contribution in [2.45, 2.75) is 19.9 Å². The van der Waals surface area contributed by atoms with Crippen molar-refractivity contribution in [3.05, 3.63) is 33.3 Å². The molecule has 0 spiro atoms. The van der Waals surface area contributed by atoms with Crippen molar-refractivity contribution < 1.29 is 4.74 Å². The molecule has 2 nitrogen and oxygen atoms in total. The molecular weight excluding hydrogens is 289 g/mol. The minimum absolute atomic E-state index is 0.194. The van der Waals surface area contributed by atoms with Gasteiger partial charge in [0.05, 0.1) is 12.6 Å². The van der Waals surface area contributed by atoms with Crippen molar-refractivity contribution in [2.24, 2.45) is 0 Å². The van der Waals surface area contributed by atoms with Gasteiger partial charge in [-0.1, -0.05) is 34.5 Å². The Labute approximate surface area is 110 Å². The number of rotatable bonds is 6. The summed E-state index contributed by atoms with van der Waals surface area (Å²) in [6.45, 7) is 6.37. The molecule has 90 valence electrons. The summed E-state index contributed by atoms with van der Waals surface area (Å²) < 4.78 is 6.46. The second-order valence-corrected chi connectivity index (χ2v) is 4.82. The molecule has 0 aliphatic rings. The second kappa shape index (κ2) is 7.28. The van der Waals surface area contributed by atoms with Crippen molar-refractivity contribution in [1.82, 2.24) is 5.32 Å². The van der Waals surface area contributed by atoms with Crippen LogP contribution in [0.25, 0.3) is 0 Å². The van der Waals surface area contributed by atoms with E-state index in [9.17, 15) is 0 Å². The van der Waals surface area contributed by atoms with Crippen LogP contribution in [0.1, 0.15) is 25.5 Å². The fourth-order valence-corrected chi connectivity index (χ4v) is 2.42. The van der Waals surface area contributed by atoms with Gasteiger partial charge in [0.2, 0.25) is 0 Å². The lowest BCUT2D eigenvalue weighted by atomic mass is 10.1. The van der Waals surface area contributed by atoms with E-state index in [1.165, 1.54) is 0 Å². The van der Waals surface area contributed by atoms with Gasteiger partial charge in [0.1, 0.15) is 0 Å². The Hall–Kier alpha value is -0.0900. The van der Waals surface area contributed by atoms with Crippen LogP contribution in [0.4, 0.5) is 0 Å². The van der Waals surface area contributed by atoms with Crippen LogP contribution in [0.15, 0.2) is 22.7 Å². The number of hydrogen-bond donors (Lipinski definition) is 1. The Kier molecular flexibility index (Phi) is 6.36. The third-order valence-corrected chi connectivity index (χ3v) is 2.90. The van der Waals surface area contributed by atoms with Crippen molar-refractivity contribution in [3.8, 4) is 0 Å². The first-order valence-corrected chi connectivity index (χ1v) is 6.61. The van der Waals surface area contributed by atoms with Gasteiger partial charge in [-0.05, 0) is 37.2 Å². The van der Waals surface area contributed by atoms with E-state index in [2.05, 4.69) is 34.2 Å². The van der Waals surface area contributed by atoms with E-state index in [1.807, 2.05) is 19.1 Å². The second-order valence-electron chi connectivity index (χ2n) is 3.47. The van der Waals surface area contributed by atoms with Gasteiger partial charge in [-0.3, -0.25) is 0 Å². The van der Waals surface area contributed by atoms with Crippen LogP contribution in [-0.4, -0.2) is 19.8 Å². The molecular formula is C12H17BrClNO. The first-order chi connectivity index (χ1) is 7.67. The standard InChI is InChI=1S/C12H17BrClNO/c1-3-15-12(8-16-4-2)9-5-10(13)7-11(14)6-9/h5-7,12,15H,3-4,8H2,1-2H3. The summed E-state index contributed by atoms with van der Waals surface area (Å²) in [5.41, 5.74) is 1.15. The summed E-state index contributed by atoms with van der Waals surface area (Å²) in [6, 6.07) is 6.12. The molecule has 0 aliphatic carbocycles. The molecule has 0 saturated heterocycles. The largest absolute Gasteiger partial charge is 0.380 e. The lowest BCUT2D eigenvalue weighted by molar-refractivity contribution is 0.123. The van der Waals surface area contributed by atoms with Crippen molar-refractivity contribution >= 4 is 27.5 Å². The third kappa shape index (κ3) is 4.42. The van der Waals surface area contributed by atoms with E-state index in [0.29, 0.717) is 6.61 Å². The number of benzene rings is 1. The molecule has 4 heteroatoms. The fraction of sp³-hybridized carbons (Fsp3) is 0.500.